The van der Waals surface area contributed by atoms with Crippen LogP contribution in [0.3, 0.4) is 0 Å². The molecule has 280 valence electrons. The van der Waals surface area contributed by atoms with Crippen LogP contribution in [0.5, 0.6) is 0 Å². The van der Waals surface area contributed by atoms with Crippen molar-refractivity contribution in [2.75, 3.05) is 24.9 Å². The predicted octanol–water partition coefficient (Wildman–Crippen LogP) is 8.71. The van der Waals surface area contributed by atoms with Gasteiger partial charge in [0.15, 0.2) is 0 Å². The van der Waals surface area contributed by atoms with E-state index in [1.807, 2.05) is 48.5 Å². The van der Waals surface area contributed by atoms with Gasteiger partial charge in [-0.1, -0.05) is 24.3 Å². The Labute approximate surface area is 320 Å². The van der Waals surface area contributed by atoms with Crippen LogP contribution in [0.1, 0.15) is 109 Å². The van der Waals surface area contributed by atoms with Crippen LogP contribution in [0.25, 0.3) is 0 Å². The molecule has 0 aliphatic heterocycles. The van der Waals surface area contributed by atoms with Gasteiger partial charge in [-0.2, -0.15) is 0 Å². The second kappa shape index (κ2) is 17.7. The fraction of sp³-hybridized carbons (Fsp3) is 0.429. The fourth-order valence-corrected chi connectivity index (χ4v) is 9.78. The summed E-state index contributed by atoms with van der Waals surface area (Å²) >= 11 is 2.96. The Kier molecular flexibility index (Phi) is 12.8. The molecular weight excluding hydrogens is 707 g/mol. The Balaban J connectivity index is 1.11. The highest BCUT2D eigenvalue weighted by Crippen LogP contribution is 2.39. The van der Waals surface area contributed by atoms with Crippen LogP contribution < -0.4 is 10.6 Å². The van der Waals surface area contributed by atoms with Gasteiger partial charge in [-0.25, -0.2) is 4.79 Å². The molecule has 9 nitrogen and oxygen atoms in total. The smallest absolute Gasteiger partial charge is 0.348 e. The number of carbonyl (C=O) groups is 4. The van der Waals surface area contributed by atoms with Gasteiger partial charge in [0.1, 0.15) is 9.88 Å². The number of amides is 2. The number of methoxy groups -OCH3 is 2. The van der Waals surface area contributed by atoms with Gasteiger partial charge in [-0.05, 0) is 131 Å². The maximum absolute atomic E-state index is 13.9. The molecule has 11 heteroatoms. The topological polar surface area (TPSA) is 114 Å². The van der Waals surface area contributed by atoms with E-state index in [0.29, 0.717) is 45.3 Å². The first-order chi connectivity index (χ1) is 25.6. The summed E-state index contributed by atoms with van der Waals surface area (Å²) in [7, 11) is 2.85. The van der Waals surface area contributed by atoms with Crippen LogP contribution in [0, 0.1) is 5.92 Å². The van der Waals surface area contributed by atoms with Crippen molar-refractivity contribution in [2.24, 2.45) is 5.92 Å². The molecule has 4 aromatic rings. The van der Waals surface area contributed by atoms with E-state index in [1.54, 1.807) is 6.07 Å². The molecule has 6 rings (SSSR count). The van der Waals surface area contributed by atoms with Crippen LogP contribution >= 0.6 is 22.7 Å². The van der Waals surface area contributed by atoms with Crippen molar-refractivity contribution in [2.45, 2.75) is 96.7 Å². The van der Waals surface area contributed by atoms with Crippen molar-refractivity contribution >= 4 is 57.1 Å². The summed E-state index contributed by atoms with van der Waals surface area (Å²) in [6.07, 6.45) is 8.92. The molecule has 2 N–H and O–H groups in total. The van der Waals surface area contributed by atoms with E-state index < -0.39 is 0 Å². The average molecular weight is 756 g/mol. The molecule has 0 unspecified atom stereocenters. The van der Waals surface area contributed by atoms with Gasteiger partial charge in [0.2, 0.25) is 0 Å². The Bertz CT molecular complexity index is 1920. The molecule has 53 heavy (non-hydrogen) atoms. The zero-order valence-corrected chi connectivity index (χ0v) is 32.6. The molecule has 2 amide bonds. The van der Waals surface area contributed by atoms with Gasteiger partial charge in [0, 0.05) is 39.6 Å². The number of nitrogens with one attached hydrogen (secondary N) is 2. The van der Waals surface area contributed by atoms with Gasteiger partial charge in [0.05, 0.1) is 25.7 Å². The number of carbonyl (C=O) groups excluding carboxylic acids is 4. The van der Waals surface area contributed by atoms with Crippen molar-refractivity contribution in [1.29, 1.82) is 0 Å². The summed E-state index contributed by atoms with van der Waals surface area (Å²) in [5.74, 6) is -0.902. The first-order valence-corrected chi connectivity index (χ1v) is 20.2. The summed E-state index contributed by atoms with van der Waals surface area (Å²) < 4.78 is 9.80. The standard InChI is InChI=1S/C42H49N3O6S2/c1-26(2)45(32-19-15-29(16-20-32)41(48)50-3)25-28-8-7-9-30(24-28)38(46)44-40-37(34-10-5-6-11-35(34)53-40)39(47)43-31-17-12-27(13-18-31)14-21-33-22-23-36(52-33)42(49)51-4/h7-9,12-13,17-18,22-24,26,29,32H,5-6,10-11,14-16,19-21,25H2,1-4H3,(H,43,47)(H,44,46). The molecular formula is C42H49N3O6S2. The highest BCUT2D eigenvalue weighted by molar-refractivity contribution is 7.17. The fourth-order valence-electron chi connectivity index (χ4n) is 7.57. The number of benzene rings is 2. The molecule has 0 atom stereocenters. The number of nitrogens with zero attached hydrogens (tertiary/aromatic N) is 1. The number of fused-ring (bicyclic) bond motifs is 1. The Morgan fingerprint density at radius 2 is 1.57 bits per heavy atom. The molecule has 2 aliphatic rings. The van der Waals surface area contributed by atoms with Gasteiger partial charge in [0.25, 0.3) is 11.8 Å². The van der Waals surface area contributed by atoms with Gasteiger partial charge in [-0.15, -0.1) is 22.7 Å². The zero-order chi connectivity index (χ0) is 37.5. The van der Waals surface area contributed by atoms with Gasteiger partial charge in [-0.3, -0.25) is 19.3 Å². The lowest BCUT2D eigenvalue weighted by molar-refractivity contribution is -0.147. The average Bonchev–Trinajstić information content (AvgIpc) is 3.81. The number of anilines is 2. The minimum atomic E-state index is -0.317. The van der Waals surface area contributed by atoms with Gasteiger partial charge < -0.3 is 20.1 Å². The quantitative estimate of drug-likeness (QED) is 0.131. The summed E-state index contributed by atoms with van der Waals surface area (Å²) in [6, 6.07) is 20.0. The largest absolute Gasteiger partial charge is 0.469 e. The molecule has 0 bridgehead atoms. The number of hydrogen-bond donors (Lipinski definition) is 2. The van der Waals surface area contributed by atoms with Crippen molar-refractivity contribution in [1.82, 2.24) is 4.90 Å². The maximum Gasteiger partial charge on any atom is 0.348 e. The maximum atomic E-state index is 13.9. The number of aryl methyl sites for hydroxylation is 3. The Hall–Kier alpha value is -4.32. The second-order valence-corrected chi connectivity index (χ2v) is 16.5. The lowest BCUT2D eigenvalue weighted by Gasteiger charge is -2.39. The van der Waals surface area contributed by atoms with E-state index in [2.05, 4.69) is 35.4 Å². The van der Waals surface area contributed by atoms with Gasteiger partial charge >= 0.3 is 11.9 Å². The number of rotatable bonds is 13. The van der Waals surface area contributed by atoms with Crippen molar-refractivity contribution in [3.05, 3.63) is 103 Å². The van der Waals surface area contributed by atoms with E-state index in [0.717, 1.165) is 85.8 Å². The normalized spacial score (nSPS) is 16.9. The Morgan fingerprint density at radius 1 is 0.811 bits per heavy atom. The molecule has 0 spiro atoms. The van der Waals surface area contributed by atoms with E-state index >= 15 is 0 Å². The molecule has 2 aromatic carbocycles. The number of hydrogen-bond acceptors (Lipinski definition) is 9. The minimum absolute atomic E-state index is 0.0223. The molecule has 2 aliphatic carbocycles. The summed E-state index contributed by atoms with van der Waals surface area (Å²) in [5.41, 5.74) is 5.02. The number of esters is 2. The molecule has 2 aromatic heterocycles. The first kappa shape index (κ1) is 38.4. The highest BCUT2D eigenvalue weighted by atomic mass is 32.1. The zero-order valence-electron chi connectivity index (χ0n) is 31.0. The Morgan fingerprint density at radius 3 is 2.28 bits per heavy atom. The number of ether oxygens (including phenoxy) is 2. The van der Waals surface area contributed by atoms with Crippen LogP contribution in [-0.4, -0.2) is 55.0 Å². The first-order valence-electron chi connectivity index (χ1n) is 18.6. The van der Waals surface area contributed by atoms with Crippen molar-refractivity contribution in [3.8, 4) is 0 Å². The molecule has 0 saturated heterocycles. The molecule has 2 heterocycles. The van der Waals surface area contributed by atoms with Crippen LogP contribution in [-0.2, 0) is 46.5 Å². The third-order valence-corrected chi connectivity index (χ3v) is 12.8. The summed E-state index contributed by atoms with van der Waals surface area (Å²) in [4.78, 5) is 56.9. The van der Waals surface area contributed by atoms with Crippen LogP contribution in [0.4, 0.5) is 10.7 Å². The second-order valence-electron chi connectivity index (χ2n) is 14.3. The summed E-state index contributed by atoms with van der Waals surface area (Å²) in [6.45, 7) is 5.09. The van der Waals surface area contributed by atoms with Crippen LogP contribution in [0.2, 0.25) is 0 Å². The molecule has 0 radical (unpaired) electrons. The predicted molar refractivity (Wildman–Crippen MR) is 211 cm³/mol. The molecule has 1 saturated carbocycles. The lowest BCUT2D eigenvalue weighted by atomic mass is 9.84. The third kappa shape index (κ3) is 9.44. The van der Waals surface area contributed by atoms with E-state index in [1.165, 1.54) is 41.8 Å². The lowest BCUT2D eigenvalue weighted by Crippen LogP contribution is -2.42. The number of thiophene rings is 2. The molecule has 1 fully saturated rings. The summed E-state index contributed by atoms with van der Waals surface area (Å²) in [5, 5.41) is 6.81. The van der Waals surface area contributed by atoms with E-state index in [9.17, 15) is 19.2 Å². The van der Waals surface area contributed by atoms with Crippen LogP contribution in [0.15, 0.2) is 60.7 Å². The van der Waals surface area contributed by atoms with E-state index in [4.69, 9.17) is 9.47 Å². The SMILES string of the molecule is COC(=O)c1ccc(CCc2ccc(NC(=O)c3c(NC(=O)c4cccc(CN(C(C)C)C5CCC(C(=O)OC)CC5)c4)sc4c3CCCC4)cc2)s1. The minimum Gasteiger partial charge on any atom is -0.469 e. The van der Waals surface area contributed by atoms with E-state index in [-0.39, 0.29) is 29.7 Å². The third-order valence-electron chi connectivity index (χ3n) is 10.5. The monoisotopic (exact) mass is 755 g/mol. The van der Waals surface area contributed by atoms with Crippen molar-refractivity contribution < 1.29 is 28.7 Å². The van der Waals surface area contributed by atoms with Crippen molar-refractivity contribution in [3.63, 3.8) is 0 Å². The highest BCUT2D eigenvalue weighted by Gasteiger charge is 2.31.